The van der Waals surface area contributed by atoms with Crippen LogP contribution in [0, 0.1) is 0 Å². The molecule has 1 heterocycles. The van der Waals surface area contributed by atoms with E-state index in [1.807, 2.05) is 6.20 Å². The number of carbonyl (C=O) groups excluding carboxylic acids is 1. The smallest absolute Gasteiger partial charge is 0.327 e. The summed E-state index contributed by atoms with van der Waals surface area (Å²) < 4.78 is 6.32. The fourth-order valence-corrected chi connectivity index (χ4v) is 1.54. The van der Waals surface area contributed by atoms with Crippen LogP contribution in [0.1, 0.15) is 25.8 Å². The third kappa shape index (κ3) is 3.06. The summed E-state index contributed by atoms with van der Waals surface area (Å²) in [6.07, 6.45) is 5.77. The molecule has 90 valence electrons. The largest absolute Gasteiger partial charge is 0.468 e. The third-order valence-corrected chi connectivity index (χ3v) is 2.37. The summed E-state index contributed by atoms with van der Waals surface area (Å²) in [6.45, 7) is 4.07. The summed E-state index contributed by atoms with van der Waals surface area (Å²) in [4.78, 5) is 11.4. The van der Waals surface area contributed by atoms with E-state index in [0.717, 1.165) is 18.4 Å². The monoisotopic (exact) mass is 225 g/mol. The lowest BCUT2D eigenvalue weighted by Gasteiger charge is -2.20. The zero-order valence-corrected chi connectivity index (χ0v) is 10.1. The summed E-state index contributed by atoms with van der Waals surface area (Å²) in [7, 11) is 1.33. The summed E-state index contributed by atoms with van der Waals surface area (Å²) in [5.41, 5.74) is 5.97. The van der Waals surface area contributed by atoms with Gasteiger partial charge in [0.1, 0.15) is 5.54 Å². The number of rotatable bonds is 5. The number of esters is 1. The lowest BCUT2D eigenvalue weighted by molar-refractivity contribution is -0.147. The van der Waals surface area contributed by atoms with Crippen LogP contribution in [-0.2, 0) is 22.5 Å². The Kier molecular flexibility index (Phi) is 4.06. The van der Waals surface area contributed by atoms with Crippen LogP contribution in [0.2, 0.25) is 0 Å². The van der Waals surface area contributed by atoms with Gasteiger partial charge in [-0.3, -0.25) is 9.48 Å². The van der Waals surface area contributed by atoms with Gasteiger partial charge in [-0.25, -0.2) is 0 Å². The summed E-state index contributed by atoms with van der Waals surface area (Å²) in [5.74, 6) is -0.431. The molecule has 0 aliphatic heterocycles. The highest BCUT2D eigenvalue weighted by molar-refractivity contribution is 5.79. The predicted molar refractivity (Wildman–Crippen MR) is 60.8 cm³/mol. The molecule has 0 aromatic carbocycles. The minimum atomic E-state index is -1.04. The Bertz CT molecular complexity index is 358. The maximum absolute atomic E-state index is 11.4. The molecule has 5 nitrogen and oxygen atoms in total. The Morgan fingerprint density at radius 1 is 1.69 bits per heavy atom. The maximum Gasteiger partial charge on any atom is 0.327 e. The van der Waals surface area contributed by atoms with Crippen molar-refractivity contribution >= 4 is 5.97 Å². The summed E-state index contributed by atoms with van der Waals surface area (Å²) in [5, 5.41) is 4.17. The van der Waals surface area contributed by atoms with Gasteiger partial charge in [0.15, 0.2) is 0 Å². The van der Waals surface area contributed by atoms with Crippen LogP contribution in [0.15, 0.2) is 12.4 Å². The van der Waals surface area contributed by atoms with Crippen molar-refractivity contribution in [2.24, 2.45) is 5.73 Å². The van der Waals surface area contributed by atoms with Gasteiger partial charge in [-0.2, -0.15) is 5.10 Å². The average Bonchev–Trinajstić information content (AvgIpc) is 2.64. The number of aromatic nitrogens is 2. The standard InChI is InChI=1S/C11H19N3O2/c1-4-5-9-6-13-14(7-9)8-11(2,12)10(15)16-3/h6-7H,4-5,8,12H2,1-3H3. The van der Waals surface area contributed by atoms with Crippen molar-refractivity contribution in [1.82, 2.24) is 9.78 Å². The number of hydrogen-bond acceptors (Lipinski definition) is 4. The second kappa shape index (κ2) is 5.12. The fraction of sp³-hybridized carbons (Fsp3) is 0.636. The van der Waals surface area contributed by atoms with Crippen LogP contribution in [-0.4, -0.2) is 28.4 Å². The van der Waals surface area contributed by atoms with Crippen molar-refractivity contribution in [2.45, 2.75) is 38.8 Å². The van der Waals surface area contributed by atoms with Crippen molar-refractivity contribution in [3.8, 4) is 0 Å². The van der Waals surface area contributed by atoms with Crippen molar-refractivity contribution in [3.05, 3.63) is 18.0 Å². The molecule has 0 radical (unpaired) electrons. The van der Waals surface area contributed by atoms with E-state index < -0.39 is 11.5 Å². The molecule has 2 N–H and O–H groups in total. The molecule has 1 atom stereocenters. The summed E-state index contributed by atoms with van der Waals surface area (Å²) in [6, 6.07) is 0. The third-order valence-electron chi connectivity index (χ3n) is 2.37. The Morgan fingerprint density at radius 2 is 2.38 bits per heavy atom. The molecule has 1 rings (SSSR count). The fourth-order valence-electron chi connectivity index (χ4n) is 1.54. The Morgan fingerprint density at radius 3 is 2.94 bits per heavy atom. The molecule has 0 saturated carbocycles. The maximum atomic E-state index is 11.4. The van der Waals surface area contributed by atoms with Crippen LogP contribution >= 0.6 is 0 Å². The first-order chi connectivity index (χ1) is 7.49. The van der Waals surface area contributed by atoms with Gasteiger partial charge >= 0.3 is 5.97 Å². The van der Waals surface area contributed by atoms with E-state index in [1.165, 1.54) is 7.11 Å². The normalized spacial score (nSPS) is 14.5. The van der Waals surface area contributed by atoms with Crippen LogP contribution in [0.3, 0.4) is 0 Å². The molecule has 5 heteroatoms. The van der Waals surface area contributed by atoms with E-state index in [4.69, 9.17) is 5.73 Å². The molecule has 0 aliphatic carbocycles. The summed E-state index contributed by atoms with van der Waals surface area (Å²) >= 11 is 0. The second-order valence-corrected chi connectivity index (χ2v) is 4.21. The van der Waals surface area contributed by atoms with Crippen molar-refractivity contribution in [2.75, 3.05) is 7.11 Å². The molecule has 0 spiro atoms. The van der Waals surface area contributed by atoms with Gasteiger partial charge in [0.2, 0.25) is 0 Å². The number of ether oxygens (including phenoxy) is 1. The van der Waals surface area contributed by atoms with E-state index in [1.54, 1.807) is 17.8 Å². The number of nitrogens with zero attached hydrogens (tertiary/aromatic N) is 2. The SMILES string of the molecule is CCCc1cnn(CC(C)(N)C(=O)OC)c1. The van der Waals surface area contributed by atoms with Gasteiger partial charge in [-0.1, -0.05) is 13.3 Å². The van der Waals surface area contributed by atoms with E-state index in [-0.39, 0.29) is 0 Å². The number of nitrogens with two attached hydrogens (primary N) is 1. The quantitative estimate of drug-likeness (QED) is 0.750. The molecule has 16 heavy (non-hydrogen) atoms. The van der Waals surface area contributed by atoms with Gasteiger partial charge in [0.05, 0.1) is 19.9 Å². The van der Waals surface area contributed by atoms with Gasteiger partial charge in [0, 0.05) is 6.20 Å². The van der Waals surface area contributed by atoms with Crippen LogP contribution < -0.4 is 5.73 Å². The highest BCUT2D eigenvalue weighted by atomic mass is 16.5. The van der Waals surface area contributed by atoms with Gasteiger partial charge in [0.25, 0.3) is 0 Å². The topological polar surface area (TPSA) is 70.1 Å². The Balaban J connectivity index is 2.68. The number of hydrogen-bond donors (Lipinski definition) is 1. The molecule has 0 amide bonds. The second-order valence-electron chi connectivity index (χ2n) is 4.21. The van der Waals surface area contributed by atoms with Gasteiger partial charge < -0.3 is 10.5 Å². The molecule has 0 fully saturated rings. The van der Waals surface area contributed by atoms with E-state index in [2.05, 4.69) is 16.8 Å². The number of methoxy groups -OCH3 is 1. The molecule has 1 aromatic rings. The average molecular weight is 225 g/mol. The highest BCUT2D eigenvalue weighted by Crippen LogP contribution is 2.08. The molecule has 1 unspecified atom stereocenters. The van der Waals surface area contributed by atoms with Gasteiger partial charge in [-0.15, -0.1) is 0 Å². The minimum absolute atomic E-state index is 0.323. The van der Waals surface area contributed by atoms with E-state index in [9.17, 15) is 4.79 Å². The zero-order valence-electron chi connectivity index (χ0n) is 10.1. The minimum Gasteiger partial charge on any atom is -0.468 e. The number of carbonyl (C=O) groups is 1. The van der Waals surface area contributed by atoms with E-state index in [0.29, 0.717) is 6.54 Å². The van der Waals surface area contributed by atoms with E-state index >= 15 is 0 Å². The van der Waals surface area contributed by atoms with Crippen LogP contribution in [0.4, 0.5) is 0 Å². The Labute approximate surface area is 95.6 Å². The predicted octanol–water partition coefficient (Wildman–Crippen LogP) is 0.726. The first-order valence-electron chi connectivity index (χ1n) is 5.38. The lowest BCUT2D eigenvalue weighted by Crippen LogP contribution is -2.49. The van der Waals surface area contributed by atoms with Crippen molar-refractivity contribution < 1.29 is 9.53 Å². The van der Waals surface area contributed by atoms with Crippen molar-refractivity contribution in [1.29, 1.82) is 0 Å². The molecular formula is C11H19N3O2. The molecular weight excluding hydrogens is 206 g/mol. The Hall–Kier alpha value is -1.36. The number of aryl methyl sites for hydroxylation is 1. The lowest BCUT2D eigenvalue weighted by atomic mass is 10.1. The van der Waals surface area contributed by atoms with Crippen LogP contribution in [0.25, 0.3) is 0 Å². The molecule has 1 aromatic heterocycles. The zero-order chi connectivity index (χ0) is 12.2. The molecule has 0 bridgehead atoms. The molecule has 0 saturated heterocycles. The molecule has 0 aliphatic rings. The van der Waals surface area contributed by atoms with Gasteiger partial charge in [-0.05, 0) is 18.9 Å². The first-order valence-corrected chi connectivity index (χ1v) is 5.38. The van der Waals surface area contributed by atoms with Crippen molar-refractivity contribution in [3.63, 3.8) is 0 Å². The van der Waals surface area contributed by atoms with Crippen LogP contribution in [0.5, 0.6) is 0 Å². The first kappa shape index (κ1) is 12.7. The highest BCUT2D eigenvalue weighted by Gasteiger charge is 2.30.